The molecule has 0 unspecified atom stereocenters. The molecule has 1 aliphatic rings. The predicted octanol–water partition coefficient (Wildman–Crippen LogP) is 2.94. The van der Waals surface area contributed by atoms with Gasteiger partial charge in [-0.3, -0.25) is 4.79 Å². The molecule has 0 bridgehead atoms. The molecule has 0 aliphatic carbocycles. The van der Waals surface area contributed by atoms with Crippen LogP contribution in [-0.2, 0) is 17.8 Å². The molecular weight excluding hydrogens is 378 g/mol. The standard InChI is InChI=1S/C19H17N5O3S/c1-26-9-15-22-23-18(28-15)19(25)24-7-6-12-16(21-10-20-12)17(24)14-8-11-4-2-3-5-13(11)27-14/h2-5,8,10,17H,6-7,9H2,1H3,(H,20,21)/t17-/m1/s1. The topological polar surface area (TPSA) is 97.1 Å². The minimum absolute atomic E-state index is 0.182. The van der Waals surface area contributed by atoms with E-state index >= 15 is 0 Å². The molecule has 5 rings (SSSR count). The van der Waals surface area contributed by atoms with Gasteiger partial charge in [-0.1, -0.05) is 29.5 Å². The van der Waals surface area contributed by atoms with Crippen LogP contribution in [0.4, 0.5) is 0 Å². The third kappa shape index (κ3) is 2.79. The summed E-state index contributed by atoms with van der Waals surface area (Å²) in [5.41, 5.74) is 2.61. The normalized spacial score (nSPS) is 16.5. The fraction of sp³-hybridized carbons (Fsp3) is 0.263. The Balaban J connectivity index is 1.56. The molecule has 0 fully saturated rings. The van der Waals surface area contributed by atoms with Crippen molar-refractivity contribution in [2.75, 3.05) is 13.7 Å². The summed E-state index contributed by atoms with van der Waals surface area (Å²) in [6.45, 7) is 0.871. The molecule has 1 amide bonds. The van der Waals surface area contributed by atoms with Crippen molar-refractivity contribution < 1.29 is 13.9 Å². The Hall–Kier alpha value is -3.04. The molecule has 0 radical (unpaired) electrons. The zero-order valence-corrected chi connectivity index (χ0v) is 15.9. The monoisotopic (exact) mass is 395 g/mol. The highest BCUT2D eigenvalue weighted by Gasteiger charge is 2.37. The number of carbonyl (C=O) groups excluding carboxylic acids is 1. The Kier molecular flexibility index (Phi) is 4.18. The Morgan fingerprint density at radius 1 is 1.39 bits per heavy atom. The number of fused-ring (bicyclic) bond motifs is 2. The van der Waals surface area contributed by atoms with Gasteiger partial charge in [-0.25, -0.2) is 4.98 Å². The predicted molar refractivity (Wildman–Crippen MR) is 102 cm³/mol. The molecular formula is C19H17N5O3S. The number of nitrogens with one attached hydrogen (secondary N) is 1. The van der Waals surface area contributed by atoms with E-state index in [1.165, 1.54) is 11.3 Å². The summed E-state index contributed by atoms with van der Waals surface area (Å²) in [5, 5.41) is 10.1. The van der Waals surface area contributed by atoms with Crippen LogP contribution in [0.5, 0.6) is 0 Å². The van der Waals surface area contributed by atoms with E-state index in [1.54, 1.807) is 18.3 Å². The van der Waals surface area contributed by atoms with Gasteiger partial charge in [-0.05, 0) is 12.1 Å². The number of hydrogen-bond acceptors (Lipinski definition) is 7. The molecule has 1 aromatic carbocycles. The highest BCUT2D eigenvalue weighted by Crippen LogP contribution is 2.37. The first-order valence-electron chi connectivity index (χ1n) is 8.87. The van der Waals surface area contributed by atoms with Crippen LogP contribution < -0.4 is 0 Å². The minimum Gasteiger partial charge on any atom is -0.458 e. The van der Waals surface area contributed by atoms with Crippen LogP contribution in [0.15, 0.2) is 41.1 Å². The molecule has 9 heteroatoms. The molecule has 28 heavy (non-hydrogen) atoms. The third-order valence-electron chi connectivity index (χ3n) is 4.82. The lowest BCUT2D eigenvalue weighted by molar-refractivity contribution is 0.0671. The number of hydrogen-bond donors (Lipinski definition) is 1. The number of aromatic amines is 1. The summed E-state index contributed by atoms with van der Waals surface area (Å²) in [6.07, 6.45) is 2.36. The maximum absolute atomic E-state index is 13.3. The largest absolute Gasteiger partial charge is 0.458 e. The number of imidazole rings is 1. The van der Waals surface area contributed by atoms with Crippen molar-refractivity contribution in [3.63, 3.8) is 0 Å². The second-order valence-corrected chi connectivity index (χ2v) is 7.60. The number of amides is 1. The SMILES string of the molecule is COCc1nnc(C(=O)N2CCc3[nH]cnc3[C@H]2c2cc3ccccc3o2)s1. The molecule has 0 saturated heterocycles. The van der Waals surface area contributed by atoms with Crippen molar-refractivity contribution in [2.24, 2.45) is 0 Å². The van der Waals surface area contributed by atoms with Crippen LogP contribution in [0.3, 0.4) is 0 Å². The fourth-order valence-corrected chi connectivity index (χ4v) is 4.33. The van der Waals surface area contributed by atoms with Gasteiger partial charge < -0.3 is 19.0 Å². The van der Waals surface area contributed by atoms with Crippen molar-refractivity contribution in [1.29, 1.82) is 0 Å². The highest BCUT2D eigenvalue weighted by molar-refractivity contribution is 7.13. The minimum atomic E-state index is -0.412. The van der Waals surface area contributed by atoms with E-state index in [-0.39, 0.29) is 5.91 Å². The number of rotatable bonds is 4. The maximum atomic E-state index is 13.3. The number of aromatic nitrogens is 4. The lowest BCUT2D eigenvalue weighted by atomic mass is 10.00. The van der Waals surface area contributed by atoms with E-state index in [2.05, 4.69) is 20.2 Å². The van der Waals surface area contributed by atoms with Gasteiger partial charge >= 0.3 is 0 Å². The molecule has 4 heterocycles. The Labute approximate surface area is 164 Å². The van der Waals surface area contributed by atoms with E-state index in [1.807, 2.05) is 30.3 Å². The lowest BCUT2D eigenvalue weighted by Gasteiger charge is -2.33. The molecule has 0 spiro atoms. The maximum Gasteiger partial charge on any atom is 0.285 e. The summed E-state index contributed by atoms with van der Waals surface area (Å²) in [4.78, 5) is 22.7. The van der Waals surface area contributed by atoms with Crippen LogP contribution in [0, 0.1) is 0 Å². The van der Waals surface area contributed by atoms with E-state index in [4.69, 9.17) is 9.15 Å². The molecule has 8 nitrogen and oxygen atoms in total. The zero-order valence-electron chi connectivity index (χ0n) is 15.1. The van der Waals surface area contributed by atoms with Gasteiger partial charge in [0, 0.05) is 31.2 Å². The molecule has 1 aliphatic heterocycles. The van der Waals surface area contributed by atoms with Crippen molar-refractivity contribution >= 4 is 28.2 Å². The number of benzene rings is 1. The van der Waals surface area contributed by atoms with Crippen molar-refractivity contribution in [1.82, 2.24) is 25.1 Å². The molecule has 142 valence electrons. The van der Waals surface area contributed by atoms with Crippen molar-refractivity contribution in [3.05, 3.63) is 63.8 Å². The molecule has 1 atom stereocenters. The summed E-state index contributed by atoms with van der Waals surface area (Å²) < 4.78 is 11.2. The van der Waals surface area contributed by atoms with Crippen LogP contribution in [0.1, 0.15) is 38.0 Å². The number of H-pyrrole nitrogens is 1. The molecule has 4 aromatic rings. The number of nitrogens with zero attached hydrogens (tertiary/aromatic N) is 4. The highest BCUT2D eigenvalue weighted by atomic mass is 32.1. The van der Waals surface area contributed by atoms with Gasteiger partial charge in [-0.2, -0.15) is 0 Å². The third-order valence-corrected chi connectivity index (χ3v) is 5.70. The number of carbonyl (C=O) groups is 1. The van der Waals surface area contributed by atoms with E-state index in [0.717, 1.165) is 22.4 Å². The smallest absolute Gasteiger partial charge is 0.285 e. The van der Waals surface area contributed by atoms with Crippen LogP contribution in [0.2, 0.25) is 0 Å². The van der Waals surface area contributed by atoms with Gasteiger partial charge in [-0.15, -0.1) is 10.2 Å². The van der Waals surface area contributed by atoms with E-state index < -0.39 is 6.04 Å². The van der Waals surface area contributed by atoms with Gasteiger partial charge in [0.1, 0.15) is 22.4 Å². The first-order valence-corrected chi connectivity index (χ1v) is 9.69. The summed E-state index contributed by atoms with van der Waals surface area (Å²) in [5.74, 6) is 0.503. The number of ether oxygens (including phenoxy) is 1. The second kappa shape index (κ2) is 6.84. The molecule has 3 aromatic heterocycles. The van der Waals surface area contributed by atoms with Gasteiger partial charge in [0.15, 0.2) is 0 Å². The van der Waals surface area contributed by atoms with Crippen molar-refractivity contribution in [2.45, 2.75) is 19.1 Å². The summed E-state index contributed by atoms with van der Waals surface area (Å²) in [7, 11) is 1.59. The first kappa shape index (κ1) is 17.1. The van der Waals surface area contributed by atoms with E-state index in [9.17, 15) is 4.79 Å². The van der Waals surface area contributed by atoms with Gasteiger partial charge in [0.05, 0.1) is 18.6 Å². The van der Waals surface area contributed by atoms with Crippen LogP contribution in [-0.4, -0.2) is 44.6 Å². The zero-order chi connectivity index (χ0) is 19.1. The van der Waals surface area contributed by atoms with Gasteiger partial charge in [0.25, 0.3) is 5.91 Å². The Bertz CT molecular complexity index is 1110. The Morgan fingerprint density at radius 2 is 2.29 bits per heavy atom. The number of para-hydroxylation sites is 1. The molecule has 1 N–H and O–H groups in total. The average Bonchev–Trinajstić information content (AvgIpc) is 3.45. The quantitative estimate of drug-likeness (QED) is 0.571. The van der Waals surface area contributed by atoms with Gasteiger partial charge in [0.2, 0.25) is 5.01 Å². The van der Waals surface area contributed by atoms with E-state index in [0.29, 0.717) is 35.3 Å². The second-order valence-electron chi connectivity index (χ2n) is 6.54. The van der Waals surface area contributed by atoms with Crippen LogP contribution >= 0.6 is 11.3 Å². The van der Waals surface area contributed by atoms with Crippen molar-refractivity contribution in [3.8, 4) is 0 Å². The van der Waals surface area contributed by atoms with Crippen LogP contribution in [0.25, 0.3) is 11.0 Å². The summed E-state index contributed by atoms with van der Waals surface area (Å²) >= 11 is 1.25. The Morgan fingerprint density at radius 3 is 3.14 bits per heavy atom. The summed E-state index contributed by atoms with van der Waals surface area (Å²) in [6, 6.07) is 9.36. The lowest BCUT2D eigenvalue weighted by Crippen LogP contribution is -2.40. The number of methoxy groups -OCH3 is 1. The molecule has 0 saturated carbocycles. The first-order chi connectivity index (χ1) is 13.7. The average molecular weight is 395 g/mol. The number of furan rings is 1. The fourth-order valence-electron chi connectivity index (χ4n) is 3.57.